The lowest BCUT2D eigenvalue weighted by Crippen LogP contribution is -2.16. The van der Waals surface area contributed by atoms with E-state index >= 15 is 0 Å². The number of anilines is 1. The second-order valence-electron chi connectivity index (χ2n) is 5.17. The van der Waals surface area contributed by atoms with Crippen molar-refractivity contribution in [1.82, 2.24) is 20.2 Å². The summed E-state index contributed by atoms with van der Waals surface area (Å²) in [5.41, 5.74) is 1.70. The summed E-state index contributed by atoms with van der Waals surface area (Å²) in [4.78, 5) is 13.4. The molecule has 0 fully saturated rings. The Morgan fingerprint density at radius 1 is 1.20 bits per heavy atom. The lowest BCUT2D eigenvalue weighted by Gasteiger charge is -2.06. The molecule has 0 spiro atoms. The van der Waals surface area contributed by atoms with Gasteiger partial charge in [-0.1, -0.05) is 23.7 Å². The van der Waals surface area contributed by atoms with Crippen molar-refractivity contribution >= 4 is 23.2 Å². The van der Waals surface area contributed by atoms with Crippen molar-refractivity contribution in [2.45, 2.75) is 13.0 Å². The number of benzene rings is 2. The number of nitriles is 1. The number of para-hydroxylation sites is 1. The number of halogens is 1. The summed E-state index contributed by atoms with van der Waals surface area (Å²) in [5.74, 6) is 0.236. The highest BCUT2D eigenvalue weighted by Gasteiger charge is 2.09. The van der Waals surface area contributed by atoms with Gasteiger partial charge in [0.05, 0.1) is 17.8 Å². The SMILES string of the molecule is N#Cc1ccccc1NC(=O)CCn1nnc(-c2ccc(Cl)cc2)n1. The standard InChI is InChI=1S/C17H13ClN6O/c18-14-7-5-12(6-8-14)17-21-23-24(22-17)10-9-16(25)20-15-4-2-1-3-13(15)11-19/h1-8H,9-10H2,(H,20,25). The Kier molecular flexibility index (Phi) is 5.02. The van der Waals surface area contributed by atoms with Crippen LogP contribution in [0.2, 0.25) is 5.02 Å². The second-order valence-corrected chi connectivity index (χ2v) is 5.61. The smallest absolute Gasteiger partial charge is 0.226 e. The molecule has 3 aromatic rings. The summed E-state index contributed by atoms with van der Waals surface area (Å²) in [5, 5.41) is 24.5. The number of tetrazole rings is 1. The molecule has 0 bridgehead atoms. The molecule has 0 aliphatic heterocycles. The van der Waals surface area contributed by atoms with Gasteiger partial charge in [-0.25, -0.2) is 0 Å². The van der Waals surface area contributed by atoms with Gasteiger partial charge in [-0.3, -0.25) is 4.79 Å². The summed E-state index contributed by atoms with van der Waals surface area (Å²) in [6, 6.07) is 16.0. The van der Waals surface area contributed by atoms with Crippen molar-refractivity contribution < 1.29 is 4.79 Å². The average Bonchev–Trinajstić information content (AvgIpc) is 3.10. The van der Waals surface area contributed by atoms with Crippen LogP contribution >= 0.6 is 11.6 Å². The van der Waals surface area contributed by atoms with Crippen molar-refractivity contribution in [3.8, 4) is 17.5 Å². The van der Waals surface area contributed by atoms with Gasteiger partial charge in [0.25, 0.3) is 0 Å². The molecule has 0 aliphatic rings. The van der Waals surface area contributed by atoms with E-state index in [2.05, 4.69) is 20.7 Å². The number of amides is 1. The summed E-state index contributed by atoms with van der Waals surface area (Å²) in [7, 11) is 0. The number of rotatable bonds is 5. The lowest BCUT2D eigenvalue weighted by molar-refractivity contribution is -0.116. The maximum Gasteiger partial charge on any atom is 0.226 e. The maximum absolute atomic E-state index is 12.0. The van der Waals surface area contributed by atoms with Gasteiger partial charge in [0.1, 0.15) is 6.07 Å². The summed E-state index contributed by atoms with van der Waals surface area (Å²) in [6.45, 7) is 0.279. The zero-order chi connectivity index (χ0) is 17.6. The van der Waals surface area contributed by atoms with E-state index in [1.807, 2.05) is 6.07 Å². The van der Waals surface area contributed by atoms with Gasteiger partial charge in [0, 0.05) is 17.0 Å². The van der Waals surface area contributed by atoms with Gasteiger partial charge in [0.2, 0.25) is 11.7 Å². The molecular weight excluding hydrogens is 340 g/mol. The van der Waals surface area contributed by atoms with E-state index in [4.69, 9.17) is 16.9 Å². The van der Waals surface area contributed by atoms with Gasteiger partial charge in [-0.05, 0) is 41.6 Å². The number of nitrogens with zero attached hydrogens (tertiary/aromatic N) is 5. The number of hydrogen-bond acceptors (Lipinski definition) is 5. The first-order valence-electron chi connectivity index (χ1n) is 7.48. The van der Waals surface area contributed by atoms with Crippen LogP contribution < -0.4 is 5.32 Å². The summed E-state index contributed by atoms with van der Waals surface area (Å²) >= 11 is 5.85. The molecule has 0 atom stereocenters. The van der Waals surface area contributed by atoms with Gasteiger partial charge < -0.3 is 5.32 Å². The first-order chi connectivity index (χ1) is 12.2. The highest BCUT2D eigenvalue weighted by Crippen LogP contribution is 2.17. The van der Waals surface area contributed by atoms with Crippen LogP contribution in [0.4, 0.5) is 5.69 Å². The van der Waals surface area contributed by atoms with Crippen LogP contribution in [-0.2, 0) is 11.3 Å². The van der Waals surface area contributed by atoms with Crippen LogP contribution in [0, 0.1) is 11.3 Å². The molecule has 1 heterocycles. The van der Waals surface area contributed by atoms with Gasteiger partial charge >= 0.3 is 0 Å². The van der Waals surface area contributed by atoms with Crippen LogP contribution in [0.25, 0.3) is 11.4 Å². The Morgan fingerprint density at radius 3 is 2.72 bits per heavy atom. The lowest BCUT2D eigenvalue weighted by atomic mass is 10.2. The first-order valence-corrected chi connectivity index (χ1v) is 7.86. The topological polar surface area (TPSA) is 96.5 Å². The minimum atomic E-state index is -0.229. The van der Waals surface area contributed by atoms with E-state index in [0.29, 0.717) is 22.1 Å². The van der Waals surface area contributed by atoms with Crippen molar-refractivity contribution in [1.29, 1.82) is 5.26 Å². The molecule has 124 valence electrons. The van der Waals surface area contributed by atoms with Gasteiger partial charge in [-0.15, -0.1) is 10.2 Å². The number of carbonyl (C=O) groups is 1. The molecule has 2 aromatic carbocycles. The zero-order valence-electron chi connectivity index (χ0n) is 13.1. The predicted octanol–water partition coefficient (Wildman–Crippen LogP) is 2.89. The third kappa shape index (κ3) is 4.19. The molecule has 0 saturated heterocycles. The van der Waals surface area contributed by atoms with Crippen molar-refractivity contribution in [2.24, 2.45) is 0 Å². The normalized spacial score (nSPS) is 10.2. The number of carbonyl (C=O) groups excluding carboxylic acids is 1. The molecule has 0 aliphatic carbocycles. The third-order valence-corrected chi connectivity index (χ3v) is 3.67. The fourth-order valence-electron chi connectivity index (χ4n) is 2.16. The highest BCUT2D eigenvalue weighted by molar-refractivity contribution is 6.30. The monoisotopic (exact) mass is 352 g/mol. The third-order valence-electron chi connectivity index (χ3n) is 3.42. The zero-order valence-corrected chi connectivity index (χ0v) is 13.8. The molecule has 0 unspecified atom stereocenters. The van der Waals surface area contributed by atoms with Crippen LogP contribution in [-0.4, -0.2) is 26.1 Å². The fraction of sp³-hybridized carbons (Fsp3) is 0.118. The average molecular weight is 353 g/mol. The van der Waals surface area contributed by atoms with E-state index < -0.39 is 0 Å². The van der Waals surface area contributed by atoms with E-state index in [9.17, 15) is 4.79 Å². The second kappa shape index (κ2) is 7.55. The van der Waals surface area contributed by atoms with Crippen LogP contribution in [0.1, 0.15) is 12.0 Å². The Morgan fingerprint density at radius 2 is 1.96 bits per heavy atom. The number of aryl methyl sites for hydroxylation is 1. The van der Waals surface area contributed by atoms with Crippen LogP contribution in [0.5, 0.6) is 0 Å². The first kappa shape index (κ1) is 16.6. The van der Waals surface area contributed by atoms with E-state index in [-0.39, 0.29) is 18.9 Å². The molecule has 0 saturated carbocycles. The molecule has 25 heavy (non-hydrogen) atoms. The van der Waals surface area contributed by atoms with Crippen molar-refractivity contribution in [3.63, 3.8) is 0 Å². The molecule has 7 nitrogen and oxygen atoms in total. The van der Waals surface area contributed by atoms with E-state index in [1.54, 1.807) is 48.5 Å². The Hall–Kier alpha value is -3.24. The Bertz CT molecular complexity index is 929. The summed E-state index contributed by atoms with van der Waals surface area (Å²) in [6.07, 6.45) is 0.163. The van der Waals surface area contributed by atoms with Gasteiger partial charge in [-0.2, -0.15) is 10.1 Å². The quantitative estimate of drug-likeness (QED) is 0.761. The van der Waals surface area contributed by atoms with E-state index in [0.717, 1.165) is 5.56 Å². The minimum absolute atomic E-state index is 0.163. The molecule has 1 N–H and O–H groups in total. The summed E-state index contributed by atoms with van der Waals surface area (Å²) < 4.78 is 0. The molecule has 1 aromatic heterocycles. The molecule has 1 amide bonds. The fourth-order valence-corrected chi connectivity index (χ4v) is 2.28. The molecular formula is C17H13ClN6O. The number of aromatic nitrogens is 4. The van der Waals surface area contributed by atoms with Crippen molar-refractivity contribution in [2.75, 3.05) is 5.32 Å². The molecule has 8 heteroatoms. The van der Waals surface area contributed by atoms with E-state index in [1.165, 1.54) is 4.80 Å². The molecule has 3 rings (SSSR count). The largest absolute Gasteiger partial charge is 0.325 e. The minimum Gasteiger partial charge on any atom is -0.325 e. The van der Waals surface area contributed by atoms with Crippen LogP contribution in [0.3, 0.4) is 0 Å². The molecule has 0 radical (unpaired) electrons. The number of nitrogens with one attached hydrogen (secondary N) is 1. The number of hydrogen-bond donors (Lipinski definition) is 1. The van der Waals surface area contributed by atoms with Crippen LogP contribution in [0.15, 0.2) is 48.5 Å². The predicted molar refractivity (Wildman–Crippen MR) is 92.7 cm³/mol. The van der Waals surface area contributed by atoms with Crippen molar-refractivity contribution in [3.05, 3.63) is 59.1 Å². The van der Waals surface area contributed by atoms with Gasteiger partial charge in [0.15, 0.2) is 0 Å². The maximum atomic E-state index is 12.0. The Balaban J connectivity index is 1.59. The Labute approximate surface area is 148 Å². The highest BCUT2D eigenvalue weighted by atomic mass is 35.5.